The molecule has 1 fully saturated rings. The molecule has 1 nitrogen and oxygen atoms in total. The molecule has 0 aromatic carbocycles. The van der Waals surface area contributed by atoms with E-state index in [1.165, 1.54) is 16.2 Å². The Morgan fingerprint density at radius 2 is 2.00 bits per heavy atom. The Balaban J connectivity index is 1.89. The molecule has 1 aliphatic rings. The predicted octanol–water partition coefficient (Wildman–Crippen LogP) is 3.93. The topological polar surface area (TPSA) is 12.0 Å². The van der Waals surface area contributed by atoms with Crippen molar-refractivity contribution in [2.75, 3.05) is 0 Å². The fraction of sp³-hybridized carbons (Fsp3) is 0.714. The summed E-state index contributed by atoms with van der Waals surface area (Å²) in [5.41, 5.74) is 0.825. The smallest absolute Gasteiger partial charge is 0.0302 e. The molecule has 90 valence electrons. The van der Waals surface area contributed by atoms with E-state index in [4.69, 9.17) is 0 Å². The van der Waals surface area contributed by atoms with Gasteiger partial charge in [-0.15, -0.1) is 11.3 Å². The average Bonchev–Trinajstić information content (AvgIpc) is 2.63. The molecule has 16 heavy (non-hydrogen) atoms. The maximum atomic E-state index is 3.64. The van der Waals surface area contributed by atoms with Crippen molar-refractivity contribution in [3.05, 3.63) is 21.9 Å². The minimum Gasteiger partial charge on any atom is -0.309 e. The number of rotatable bonds is 3. The van der Waals surface area contributed by atoms with Crippen LogP contribution in [0, 0.1) is 5.41 Å². The van der Waals surface area contributed by atoms with Crippen LogP contribution < -0.4 is 5.32 Å². The van der Waals surface area contributed by atoms with Gasteiger partial charge in [-0.1, -0.05) is 34.6 Å². The SMILES string of the molecule is CC(C)(C)c1ccc(CNC2CC2(C)C)s1. The second-order valence-corrected chi connectivity index (χ2v) is 7.81. The standard InChI is InChI=1S/C14H23NS/c1-13(2,3)12-7-6-10(16-12)9-15-11-8-14(11,4)5/h6-7,11,15H,8-9H2,1-5H3. The molecule has 0 amide bonds. The van der Waals surface area contributed by atoms with E-state index in [0.29, 0.717) is 10.8 Å². The monoisotopic (exact) mass is 237 g/mol. The lowest BCUT2D eigenvalue weighted by molar-refractivity contribution is 0.544. The molecular formula is C14H23NS. The molecule has 0 aliphatic heterocycles. The van der Waals surface area contributed by atoms with Crippen LogP contribution in [-0.4, -0.2) is 6.04 Å². The third-order valence-corrected chi connectivity index (χ3v) is 4.95. The highest BCUT2D eigenvalue weighted by Crippen LogP contribution is 2.44. The minimum atomic E-state index is 0.293. The Kier molecular flexibility index (Phi) is 2.92. The van der Waals surface area contributed by atoms with Crippen LogP contribution in [0.25, 0.3) is 0 Å². The maximum absolute atomic E-state index is 3.64. The van der Waals surface area contributed by atoms with Crippen LogP contribution in [0.15, 0.2) is 12.1 Å². The summed E-state index contributed by atoms with van der Waals surface area (Å²) in [7, 11) is 0. The molecule has 1 N–H and O–H groups in total. The highest BCUT2D eigenvalue weighted by atomic mass is 32.1. The molecule has 2 heteroatoms. The number of hydrogen-bond acceptors (Lipinski definition) is 2. The average molecular weight is 237 g/mol. The highest BCUT2D eigenvalue weighted by molar-refractivity contribution is 7.12. The molecule has 1 heterocycles. The first kappa shape index (κ1) is 12.1. The predicted molar refractivity (Wildman–Crippen MR) is 72.0 cm³/mol. The quantitative estimate of drug-likeness (QED) is 0.840. The lowest BCUT2D eigenvalue weighted by atomic mass is 9.95. The van der Waals surface area contributed by atoms with Crippen molar-refractivity contribution < 1.29 is 0 Å². The largest absolute Gasteiger partial charge is 0.309 e. The summed E-state index contributed by atoms with van der Waals surface area (Å²) in [5, 5.41) is 3.64. The highest BCUT2D eigenvalue weighted by Gasteiger charge is 2.45. The normalized spacial score (nSPS) is 23.4. The minimum absolute atomic E-state index is 0.293. The van der Waals surface area contributed by atoms with Crippen LogP contribution in [0.4, 0.5) is 0 Å². The van der Waals surface area contributed by atoms with Gasteiger partial charge in [-0.25, -0.2) is 0 Å². The molecule has 1 unspecified atom stereocenters. The number of thiophene rings is 1. The van der Waals surface area contributed by atoms with E-state index in [0.717, 1.165) is 12.6 Å². The molecule has 1 aliphatic carbocycles. The van der Waals surface area contributed by atoms with Gasteiger partial charge in [0.15, 0.2) is 0 Å². The van der Waals surface area contributed by atoms with Gasteiger partial charge >= 0.3 is 0 Å². The fourth-order valence-electron chi connectivity index (χ4n) is 1.92. The molecular weight excluding hydrogens is 214 g/mol. The van der Waals surface area contributed by atoms with E-state index < -0.39 is 0 Å². The van der Waals surface area contributed by atoms with Crippen molar-refractivity contribution in [1.82, 2.24) is 5.32 Å². The van der Waals surface area contributed by atoms with Crippen LogP contribution in [0.1, 0.15) is 50.8 Å². The lowest BCUT2D eigenvalue weighted by Gasteiger charge is -2.15. The van der Waals surface area contributed by atoms with Crippen LogP contribution in [0.5, 0.6) is 0 Å². The summed E-state index contributed by atoms with van der Waals surface area (Å²) in [5.74, 6) is 0. The molecule has 1 aromatic rings. The zero-order valence-corrected chi connectivity index (χ0v) is 11.9. The van der Waals surface area contributed by atoms with Crippen LogP contribution in [0.2, 0.25) is 0 Å². The molecule has 0 spiro atoms. The Bertz CT molecular complexity index is 370. The second kappa shape index (κ2) is 3.85. The van der Waals surface area contributed by atoms with Gasteiger partial charge in [0.1, 0.15) is 0 Å². The zero-order chi connectivity index (χ0) is 12.0. The summed E-state index contributed by atoms with van der Waals surface area (Å²) >= 11 is 1.95. The Morgan fingerprint density at radius 1 is 1.38 bits per heavy atom. The summed E-state index contributed by atoms with van der Waals surface area (Å²) in [4.78, 5) is 2.95. The second-order valence-electron chi connectivity index (χ2n) is 6.64. The lowest BCUT2D eigenvalue weighted by Crippen LogP contribution is -2.19. The summed E-state index contributed by atoms with van der Waals surface area (Å²) in [6.07, 6.45) is 1.32. The van der Waals surface area contributed by atoms with Crippen LogP contribution in [-0.2, 0) is 12.0 Å². The van der Waals surface area contributed by atoms with Crippen molar-refractivity contribution in [3.63, 3.8) is 0 Å². The first-order valence-electron chi connectivity index (χ1n) is 6.12. The van der Waals surface area contributed by atoms with Gasteiger partial charge in [0, 0.05) is 22.3 Å². The van der Waals surface area contributed by atoms with Gasteiger partial charge in [-0.05, 0) is 29.4 Å². The third-order valence-electron chi connectivity index (χ3n) is 3.44. The van der Waals surface area contributed by atoms with Crippen molar-refractivity contribution >= 4 is 11.3 Å². The van der Waals surface area contributed by atoms with Gasteiger partial charge in [0.05, 0.1) is 0 Å². The third kappa shape index (κ3) is 2.67. The van der Waals surface area contributed by atoms with E-state index in [1.807, 2.05) is 11.3 Å². The van der Waals surface area contributed by atoms with E-state index in [-0.39, 0.29) is 0 Å². The molecule has 1 atom stereocenters. The van der Waals surface area contributed by atoms with Crippen LogP contribution >= 0.6 is 11.3 Å². The van der Waals surface area contributed by atoms with E-state index >= 15 is 0 Å². The van der Waals surface area contributed by atoms with Crippen LogP contribution in [0.3, 0.4) is 0 Å². The first-order valence-corrected chi connectivity index (χ1v) is 6.93. The summed E-state index contributed by atoms with van der Waals surface area (Å²) in [6, 6.07) is 5.28. The van der Waals surface area contributed by atoms with Gasteiger partial charge in [-0.2, -0.15) is 0 Å². The van der Waals surface area contributed by atoms with Gasteiger partial charge < -0.3 is 5.32 Å². The van der Waals surface area contributed by atoms with Crippen molar-refractivity contribution in [3.8, 4) is 0 Å². The molecule has 0 saturated heterocycles. The Morgan fingerprint density at radius 3 is 2.44 bits per heavy atom. The van der Waals surface area contributed by atoms with Crippen molar-refractivity contribution in [2.45, 2.75) is 59.0 Å². The number of nitrogens with one attached hydrogen (secondary N) is 1. The fourth-order valence-corrected chi connectivity index (χ4v) is 2.93. The Hall–Kier alpha value is -0.340. The molecule has 1 saturated carbocycles. The van der Waals surface area contributed by atoms with E-state index in [9.17, 15) is 0 Å². The maximum Gasteiger partial charge on any atom is 0.0302 e. The van der Waals surface area contributed by atoms with Gasteiger partial charge in [0.25, 0.3) is 0 Å². The summed E-state index contributed by atoms with van der Waals surface area (Å²) < 4.78 is 0. The molecule has 0 bridgehead atoms. The zero-order valence-electron chi connectivity index (χ0n) is 11.1. The molecule has 2 rings (SSSR count). The Labute approximate surface area is 103 Å². The van der Waals surface area contributed by atoms with Crippen molar-refractivity contribution in [1.29, 1.82) is 0 Å². The van der Waals surface area contributed by atoms with E-state index in [1.54, 1.807) is 0 Å². The molecule has 0 radical (unpaired) electrons. The van der Waals surface area contributed by atoms with Gasteiger partial charge in [-0.3, -0.25) is 0 Å². The first-order chi connectivity index (χ1) is 7.29. The van der Waals surface area contributed by atoms with Gasteiger partial charge in [0.2, 0.25) is 0 Å². The summed E-state index contributed by atoms with van der Waals surface area (Å²) in [6.45, 7) is 12.5. The van der Waals surface area contributed by atoms with Crippen molar-refractivity contribution in [2.24, 2.45) is 5.41 Å². The number of hydrogen-bond donors (Lipinski definition) is 1. The van der Waals surface area contributed by atoms with E-state index in [2.05, 4.69) is 52.1 Å². The molecule has 1 aromatic heterocycles.